The van der Waals surface area contributed by atoms with Crippen LogP contribution in [0.1, 0.15) is 44.7 Å². The second-order valence-corrected chi connectivity index (χ2v) is 14.2. The maximum atomic E-state index is 13.6. The zero-order valence-electron chi connectivity index (χ0n) is 25.7. The van der Waals surface area contributed by atoms with Gasteiger partial charge in [0, 0.05) is 30.4 Å². The number of amides is 2. The lowest BCUT2D eigenvalue weighted by Crippen LogP contribution is -2.70. The van der Waals surface area contributed by atoms with Crippen molar-refractivity contribution in [2.75, 3.05) is 37.9 Å². The number of aromatic nitrogens is 5. The summed E-state index contributed by atoms with van der Waals surface area (Å²) in [5.74, 6) is -1.01. The average Bonchev–Trinajstić information content (AvgIpc) is 3.65. The second kappa shape index (κ2) is 15.4. The topological polar surface area (TPSA) is 197 Å². The first-order chi connectivity index (χ1) is 22.1. The van der Waals surface area contributed by atoms with Crippen LogP contribution in [-0.4, -0.2) is 115 Å². The zero-order valence-corrected chi connectivity index (χ0v) is 28.2. The first kappa shape index (κ1) is 33.9. The molecule has 1 unspecified atom stereocenters. The van der Waals surface area contributed by atoms with Gasteiger partial charge in [-0.15, -0.1) is 28.2 Å². The molecule has 16 nitrogen and oxygen atoms in total. The Labute approximate surface area is 278 Å². The molecule has 19 heteroatoms. The van der Waals surface area contributed by atoms with Gasteiger partial charge in [0.2, 0.25) is 17.4 Å². The number of rotatable bonds is 13. The van der Waals surface area contributed by atoms with E-state index in [0.29, 0.717) is 33.9 Å². The van der Waals surface area contributed by atoms with Crippen molar-refractivity contribution in [2.24, 2.45) is 0 Å². The smallest absolute Gasteiger partial charge is 0.431 e. The number of hydrogen-bond donors (Lipinski definition) is 2. The number of anilines is 1. The van der Waals surface area contributed by atoms with E-state index in [0.717, 1.165) is 38.6 Å². The summed E-state index contributed by atoms with van der Waals surface area (Å²) in [5.41, 5.74) is 6.83. The number of nitrogens with one attached hydrogen (secondary N) is 1. The molecule has 3 N–H and O–H groups in total. The molecule has 2 aliphatic heterocycles. The number of β-lactam (4-membered cyclic amide) rings is 1. The van der Waals surface area contributed by atoms with E-state index in [4.69, 9.17) is 19.9 Å². The lowest BCUT2D eigenvalue weighted by Gasteiger charge is -2.49. The van der Waals surface area contributed by atoms with E-state index in [1.54, 1.807) is 10.1 Å². The monoisotopic (exact) mass is 695 g/mol. The van der Waals surface area contributed by atoms with Gasteiger partial charge in [0.1, 0.15) is 23.2 Å². The highest BCUT2D eigenvalue weighted by Crippen LogP contribution is 2.42. The van der Waals surface area contributed by atoms with Gasteiger partial charge in [-0.2, -0.15) is 0 Å². The number of likely N-dealkylation sites (N-methyl/N-ethyl adjacent to an activating group) is 1. The van der Waals surface area contributed by atoms with Gasteiger partial charge in [-0.1, -0.05) is 18.2 Å². The molecule has 0 spiro atoms. The van der Waals surface area contributed by atoms with Crippen LogP contribution in [-0.2, 0) is 41.6 Å². The Balaban J connectivity index is 1.27. The Kier molecular flexibility index (Phi) is 11.4. The SMILES string of the molecule is CC(OC(=O)OC1CCCCC1)OC(=O)C1=C(CSc2nnnn2CCN(C)C)CS[C@@H]2[C@@H](NC(=O)Cc3csc(N)n3)C(=O)N12. The van der Waals surface area contributed by atoms with Crippen molar-refractivity contribution in [2.45, 2.75) is 81.0 Å². The van der Waals surface area contributed by atoms with Crippen LogP contribution in [0.15, 0.2) is 21.8 Å². The normalized spacial score (nSPS) is 20.6. The maximum Gasteiger partial charge on any atom is 0.511 e. The minimum Gasteiger partial charge on any atom is -0.431 e. The fraction of sp³-hybridized carbons (Fsp3) is 0.630. The van der Waals surface area contributed by atoms with Gasteiger partial charge in [0.25, 0.3) is 5.91 Å². The largest absolute Gasteiger partial charge is 0.511 e. The molecular weight excluding hydrogens is 659 g/mol. The predicted octanol–water partition coefficient (Wildman–Crippen LogP) is 1.64. The van der Waals surface area contributed by atoms with E-state index in [1.807, 2.05) is 19.0 Å². The van der Waals surface area contributed by atoms with Crippen molar-refractivity contribution in [1.82, 2.24) is 40.3 Å². The summed E-state index contributed by atoms with van der Waals surface area (Å²) in [4.78, 5) is 59.6. The Morgan fingerprint density at radius 1 is 1.22 bits per heavy atom. The molecule has 2 aromatic rings. The van der Waals surface area contributed by atoms with Crippen molar-refractivity contribution in [1.29, 1.82) is 0 Å². The first-order valence-corrected chi connectivity index (χ1v) is 17.8. The number of nitrogens with zero attached hydrogens (tertiary/aromatic N) is 7. The minimum absolute atomic E-state index is 0.0319. The molecule has 250 valence electrons. The molecule has 2 amide bonds. The lowest BCUT2D eigenvalue weighted by atomic mass is 9.98. The van der Waals surface area contributed by atoms with Crippen LogP contribution < -0.4 is 11.1 Å². The molecule has 46 heavy (non-hydrogen) atoms. The summed E-state index contributed by atoms with van der Waals surface area (Å²) < 4.78 is 17.8. The van der Waals surface area contributed by atoms with Crippen LogP contribution >= 0.6 is 34.9 Å². The zero-order chi connectivity index (χ0) is 32.8. The molecule has 3 aliphatic rings. The molecule has 1 saturated carbocycles. The summed E-state index contributed by atoms with van der Waals surface area (Å²) in [7, 11) is 3.90. The summed E-state index contributed by atoms with van der Waals surface area (Å²) in [6.45, 7) is 2.70. The highest BCUT2D eigenvalue weighted by molar-refractivity contribution is 8.01. The number of hydrogen-bond acceptors (Lipinski definition) is 16. The molecule has 3 atom stereocenters. The Bertz CT molecular complexity index is 1460. The molecule has 4 heterocycles. The predicted molar refractivity (Wildman–Crippen MR) is 169 cm³/mol. The van der Waals surface area contributed by atoms with Gasteiger partial charge in [-0.05, 0) is 55.8 Å². The van der Waals surface area contributed by atoms with Gasteiger partial charge >= 0.3 is 12.1 Å². The molecule has 2 aromatic heterocycles. The highest BCUT2D eigenvalue weighted by atomic mass is 32.2. The molecular formula is C27H37N9O7S3. The van der Waals surface area contributed by atoms with Crippen molar-refractivity contribution in [3.05, 3.63) is 22.3 Å². The number of fused-ring (bicyclic) bond motifs is 1. The van der Waals surface area contributed by atoms with E-state index >= 15 is 0 Å². The summed E-state index contributed by atoms with van der Waals surface area (Å²) >= 11 is 3.97. The van der Waals surface area contributed by atoms with E-state index in [9.17, 15) is 19.2 Å². The van der Waals surface area contributed by atoms with Crippen molar-refractivity contribution >= 4 is 63.9 Å². The molecule has 0 radical (unpaired) electrons. The fourth-order valence-corrected chi connectivity index (χ4v) is 8.13. The molecule has 5 rings (SSSR count). The molecule has 2 fully saturated rings. The van der Waals surface area contributed by atoms with Crippen LogP contribution in [0.5, 0.6) is 0 Å². The third-order valence-electron chi connectivity index (χ3n) is 7.45. The lowest BCUT2D eigenvalue weighted by molar-refractivity contribution is -0.170. The summed E-state index contributed by atoms with van der Waals surface area (Å²) in [6, 6.07) is -0.844. The maximum absolute atomic E-state index is 13.6. The van der Waals surface area contributed by atoms with Crippen LogP contribution in [0.4, 0.5) is 9.93 Å². The van der Waals surface area contributed by atoms with Gasteiger partial charge in [-0.3, -0.25) is 14.5 Å². The number of ether oxygens (including phenoxy) is 3. The fourth-order valence-electron chi connectivity index (χ4n) is 5.18. The molecule has 1 saturated heterocycles. The van der Waals surface area contributed by atoms with E-state index < -0.39 is 35.7 Å². The number of thioether (sulfide) groups is 2. The Hall–Kier alpha value is -3.42. The number of esters is 1. The van der Waals surface area contributed by atoms with Crippen LogP contribution in [0.25, 0.3) is 0 Å². The first-order valence-electron chi connectivity index (χ1n) is 14.9. The van der Waals surface area contributed by atoms with Crippen molar-refractivity contribution < 1.29 is 33.4 Å². The highest BCUT2D eigenvalue weighted by Gasteiger charge is 2.54. The number of tetrazole rings is 1. The van der Waals surface area contributed by atoms with Gasteiger partial charge < -0.3 is 30.2 Å². The molecule has 0 aromatic carbocycles. The average molecular weight is 696 g/mol. The number of carbonyl (C=O) groups excluding carboxylic acids is 4. The van der Waals surface area contributed by atoms with Crippen molar-refractivity contribution in [3.8, 4) is 0 Å². The van der Waals surface area contributed by atoms with Gasteiger partial charge in [-0.25, -0.2) is 19.3 Å². The Morgan fingerprint density at radius 2 is 2.00 bits per heavy atom. The van der Waals surface area contributed by atoms with E-state index in [-0.39, 0.29) is 29.9 Å². The molecule has 1 aliphatic carbocycles. The third-order valence-corrected chi connectivity index (χ3v) is 10.6. The number of nitrogen functional groups attached to an aromatic ring is 1. The van der Waals surface area contributed by atoms with Crippen LogP contribution in [0, 0.1) is 0 Å². The number of carbonyl (C=O) groups is 4. The van der Waals surface area contributed by atoms with Gasteiger partial charge in [0.15, 0.2) is 5.13 Å². The second-order valence-electron chi connectivity index (χ2n) is 11.3. The summed E-state index contributed by atoms with van der Waals surface area (Å²) in [6.07, 6.45) is 2.14. The quantitative estimate of drug-likeness (QED) is 0.133. The molecule has 0 bridgehead atoms. The van der Waals surface area contributed by atoms with E-state index in [1.165, 1.54) is 46.7 Å². The summed E-state index contributed by atoms with van der Waals surface area (Å²) in [5, 5.41) is 16.8. The minimum atomic E-state index is -1.27. The standard InChI is InChI=1S/C27H37N9O7S3/c1-15(42-27(40)43-18-7-5-4-6-8-18)41-24(39)21-16(13-46-26-31-32-33-35(26)10-9-34(2)3)12-44-23-20(22(38)36(21)23)30-19(37)11-17-14-45-25(28)29-17/h14-15,18,20,23H,4-13H2,1-3H3,(H2,28,29)(H,30,37)/t15?,20-,23+/m0/s1. The van der Waals surface area contributed by atoms with E-state index in [2.05, 4.69) is 25.8 Å². The van der Waals surface area contributed by atoms with Crippen molar-refractivity contribution in [3.63, 3.8) is 0 Å². The van der Waals surface area contributed by atoms with Gasteiger partial charge in [0.05, 0.1) is 18.7 Å². The number of thiazole rings is 1. The van der Waals surface area contributed by atoms with Crippen LogP contribution in [0.2, 0.25) is 0 Å². The third kappa shape index (κ3) is 8.48. The number of nitrogens with two attached hydrogens (primary N) is 1. The van der Waals surface area contributed by atoms with Crippen LogP contribution in [0.3, 0.4) is 0 Å². The Morgan fingerprint density at radius 3 is 2.72 bits per heavy atom.